The highest BCUT2D eigenvalue weighted by atomic mass is 35.5. The summed E-state index contributed by atoms with van der Waals surface area (Å²) < 4.78 is 0. The molecule has 1 aliphatic heterocycles. The second-order valence-corrected chi connectivity index (χ2v) is 4.68. The summed E-state index contributed by atoms with van der Waals surface area (Å²) in [5.41, 5.74) is 0.495. The lowest BCUT2D eigenvalue weighted by Crippen LogP contribution is -2.36. The Kier molecular flexibility index (Phi) is 4.21. The van der Waals surface area contributed by atoms with Gasteiger partial charge in [0.05, 0.1) is 0 Å². The summed E-state index contributed by atoms with van der Waals surface area (Å²) in [4.78, 5) is 4.46. The Bertz CT molecular complexity index is 348. The van der Waals surface area contributed by atoms with Gasteiger partial charge < -0.3 is 5.32 Å². The quantitative estimate of drug-likeness (QED) is 0.814. The topological polar surface area (TPSA) is 53.6 Å². The predicted molar refractivity (Wildman–Crippen MR) is 67.5 cm³/mol. The number of aromatic amines is 1. The number of halogens is 2. The zero-order valence-corrected chi connectivity index (χ0v) is 11.0. The van der Waals surface area contributed by atoms with Gasteiger partial charge in [0.15, 0.2) is 5.82 Å². The number of hydrogen-bond acceptors (Lipinski definition) is 3. The molecule has 1 aromatic heterocycles. The lowest BCUT2D eigenvalue weighted by molar-refractivity contribution is 0.133. The summed E-state index contributed by atoms with van der Waals surface area (Å²) in [6.45, 7) is 4.18. The van der Waals surface area contributed by atoms with E-state index in [1.807, 2.05) is 6.92 Å². The van der Waals surface area contributed by atoms with Crippen LogP contribution in [0.2, 0.25) is 0 Å². The van der Waals surface area contributed by atoms with Crippen molar-refractivity contribution >= 4 is 24.8 Å². The lowest BCUT2D eigenvalue weighted by Gasteiger charge is -2.41. The maximum absolute atomic E-state index is 4.46. The van der Waals surface area contributed by atoms with Crippen molar-refractivity contribution in [3.05, 3.63) is 11.6 Å². The summed E-state index contributed by atoms with van der Waals surface area (Å²) in [7, 11) is 0. The van der Waals surface area contributed by atoms with Crippen molar-refractivity contribution in [3.8, 4) is 0 Å². The Balaban J connectivity index is 0.000000640. The molecule has 1 aromatic rings. The first-order valence-electron chi connectivity index (χ1n) is 5.40. The highest BCUT2D eigenvalue weighted by Crippen LogP contribution is 2.52. The van der Waals surface area contributed by atoms with E-state index in [2.05, 4.69) is 20.5 Å². The smallest absolute Gasteiger partial charge is 0.155 e. The van der Waals surface area contributed by atoms with Crippen LogP contribution in [0.1, 0.15) is 36.8 Å². The second-order valence-electron chi connectivity index (χ2n) is 4.68. The molecule has 16 heavy (non-hydrogen) atoms. The van der Waals surface area contributed by atoms with E-state index in [1.54, 1.807) is 0 Å². The van der Waals surface area contributed by atoms with E-state index in [1.165, 1.54) is 19.3 Å². The van der Waals surface area contributed by atoms with Gasteiger partial charge in [0.1, 0.15) is 5.82 Å². The SMILES string of the molecule is Cc1nc(C2CNCC23CCC3)n[nH]1.Cl.Cl. The molecule has 1 saturated carbocycles. The molecular weight excluding hydrogens is 247 g/mol. The molecule has 0 aromatic carbocycles. The molecule has 6 heteroatoms. The summed E-state index contributed by atoms with van der Waals surface area (Å²) in [6, 6.07) is 0. The summed E-state index contributed by atoms with van der Waals surface area (Å²) >= 11 is 0. The Morgan fingerprint density at radius 3 is 2.56 bits per heavy atom. The zero-order chi connectivity index (χ0) is 9.60. The molecule has 0 radical (unpaired) electrons. The van der Waals surface area contributed by atoms with Crippen LogP contribution < -0.4 is 5.32 Å². The van der Waals surface area contributed by atoms with Crippen molar-refractivity contribution in [1.82, 2.24) is 20.5 Å². The molecule has 2 fully saturated rings. The number of H-pyrrole nitrogens is 1. The number of aromatic nitrogens is 3. The van der Waals surface area contributed by atoms with Gasteiger partial charge in [-0.2, -0.15) is 5.10 Å². The molecule has 1 unspecified atom stereocenters. The molecule has 0 bridgehead atoms. The Morgan fingerprint density at radius 1 is 1.31 bits per heavy atom. The number of aryl methyl sites for hydroxylation is 1. The number of nitrogens with one attached hydrogen (secondary N) is 2. The van der Waals surface area contributed by atoms with Crippen molar-refractivity contribution in [2.75, 3.05) is 13.1 Å². The summed E-state index contributed by atoms with van der Waals surface area (Å²) in [6.07, 6.45) is 4.07. The highest BCUT2D eigenvalue weighted by Gasteiger charge is 2.49. The van der Waals surface area contributed by atoms with Gasteiger partial charge in [-0.3, -0.25) is 5.10 Å². The van der Waals surface area contributed by atoms with E-state index in [4.69, 9.17) is 0 Å². The van der Waals surface area contributed by atoms with Crippen LogP contribution in [0, 0.1) is 12.3 Å². The highest BCUT2D eigenvalue weighted by molar-refractivity contribution is 5.85. The summed E-state index contributed by atoms with van der Waals surface area (Å²) in [5.74, 6) is 2.50. The van der Waals surface area contributed by atoms with Crippen LogP contribution >= 0.6 is 24.8 Å². The standard InChI is InChI=1S/C10H16N4.2ClH/c1-7-12-9(14-13-7)8-5-11-6-10(8)3-2-4-10;;/h8,11H,2-6H2,1H3,(H,12,13,14);2*1H. The molecule has 1 aliphatic carbocycles. The molecular formula is C10H18Cl2N4. The molecule has 0 amide bonds. The number of hydrogen-bond donors (Lipinski definition) is 2. The Labute approximate surface area is 108 Å². The Hall–Kier alpha value is -0.320. The maximum Gasteiger partial charge on any atom is 0.155 e. The molecule has 1 atom stereocenters. The first-order chi connectivity index (χ1) is 6.80. The monoisotopic (exact) mass is 264 g/mol. The summed E-state index contributed by atoms with van der Waals surface area (Å²) in [5, 5.41) is 10.7. The third-order valence-electron chi connectivity index (χ3n) is 3.84. The van der Waals surface area contributed by atoms with Gasteiger partial charge >= 0.3 is 0 Å². The third kappa shape index (κ3) is 1.94. The lowest BCUT2D eigenvalue weighted by atomic mass is 9.62. The van der Waals surface area contributed by atoms with Gasteiger partial charge in [-0.05, 0) is 25.2 Å². The van der Waals surface area contributed by atoms with Crippen LogP contribution in [0.15, 0.2) is 0 Å². The molecule has 2 aliphatic rings. The molecule has 1 saturated heterocycles. The van der Waals surface area contributed by atoms with Gasteiger partial charge in [-0.1, -0.05) is 6.42 Å². The van der Waals surface area contributed by atoms with Crippen LogP contribution in [-0.4, -0.2) is 28.3 Å². The fourth-order valence-electron chi connectivity index (χ4n) is 2.84. The largest absolute Gasteiger partial charge is 0.315 e. The number of rotatable bonds is 1. The van der Waals surface area contributed by atoms with Gasteiger partial charge in [0.2, 0.25) is 0 Å². The molecule has 1 spiro atoms. The van der Waals surface area contributed by atoms with Crippen molar-refractivity contribution in [3.63, 3.8) is 0 Å². The van der Waals surface area contributed by atoms with E-state index in [0.717, 1.165) is 24.7 Å². The minimum absolute atomic E-state index is 0. The molecule has 2 heterocycles. The fourth-order valence-corrected chi connectivity index (χ4v) is 2.84. The van der Waals surface area contributed by atoms with Crippen LogP contribution in [0.4, 0.5) is 0 Å². The van der Waals surface area contributed by atoms with Crippen molar-refractivity contribution in [1.29, 1.82) is 0 Å². The van der Waals surface area contributed by atoms with Gasteiger partial charge in [-0.15, -0.1) is 24.8 Å². The van der Waals surface area contributed by atoms with Crippen LogP contribution in [0.5, 0.6) is 0 Å². The first kappa shape index (κ1) is 13.7. The van der Waals surface area contributed by atoms with Crippen molar-refractivity contribution < 1.29 is 0 Å². The zero-order valence-electron chi connectivity index (χ0n) is 9.32. The van der Waals surface area contributed by atoms with Crippen LogP contribution in [0.25, 0.3) is 0 Å². The average Bonchev–Trinajstić information content (AvgIpc) is 2.67. The van der Waals surface area contributed by atoms with E-state index in [0.29, 0.717) is 11.3 Å². The van der Waals surface area contributed by atoms with Crippen molar-refractivity contribution in [2.45, 2.75) is 32.1 Å². The molecule has 2 N–H and O–H groups in total. The maximum atomic E-state index is 4.46. The van der Waals surface area contributed by atoms with Crippen LogP contribution in [-0.2, 0) is 0 Å². The molecule has 3 rings (SSSR count). The minimum atomic E-state index is 0. The number of nitrogens with zero attached hydrogens (tertiary/aromatic N) is 2. The second kappa shape index (κ2) is 4.90. The van der Waals surface area contributed by atoms with Gasteiger partial charge in [0, 0.05) is 19.0 Å². The van der Waals surface area contributed by atoms with E-state index < -0.39 is 0 Å². The van der Waals surface area contributed by atoms with Crippen LogP contribution in [0.3, 0.4) is 0 Å². The molecule has 92 valence electrons. The predicted octanol–water partition coefficient (Wildman–Crippen LogP) is 1.81. The molecule has 4 nitrogen and oxygen atoms in total. The van der Waals surface area contributed by atoms with E-state index in [-0.39, 0.29) is 24.8 Å². The van der Waals surface area contributed by atoms with Crippen molar-refractivity contribution in [2.24, 2.45) is 5.41 Å². The third-order valence-corrected chi connectivity index (χ3v) is 3.84. The van der Waals surface area contributed by atoms with E-state index in [9.17, 15) is 0 Å². The average molecular weight is 265 g/mol. The van der Waals surface area contributed by atoms with E-state index >= 15 is 0 Å². The van der Waals surface area contributed by atoms with Gasteiger partial charge in [-0.25, -0.2) is 4.98 Å². The fraction of sp³-hybridized carbons (Fsp3) is 0.800. The van der Waals surface area contributed by atoms with Gasteiger partial charge in [0.25, 0.3) is 0 Å². The first-order valence-corrected chi connectivity index (χ1v) is 5.40. The Morgan fingerprint density at radius 2 is 2.06 bits per heavy atom. The normalized spacial score (nSPS) is 25.7. The minimum Gasteiger partial charge on any atom is -0.315 e.